The highest BCUT2D eigenvalue weighted by molar-refractivity contribution is 5.64. The number of rotatable bonds is 5. The molecule has 1 nitrogen and oxygen atoms in total. The fourth-order valence-corrected chi connectivity index (χ4v) is 2.01. The lowest BCUT2D eigenvalue weighted by atomic mass is 10.0. The van der Waals surface area contributed by atoms with Crippen molar-refractivity contribution in [3.8, 4) is 11.1 Å². The lowest BCUT2D eigenvalue weighted by Crippen LogP contribution is -1.90. The standard InChI is InChI=1S/C17H17FO/c1-3-4-15-9-10-16(11-17(15)18)14-7-5-13(6-8-14)12-19-2/h3,5-11H,1,4,12H2,2H3. The van der Waals surface area contributed by atoms with E-state index in [1.807, 2.05) is 36.4 Å². The third-order valence-electron chi connectivity index (χ3n) is 3.02. The zero-order chi connectivity index (χ0) is 13.7. The largest absolute Gasteiger partial charge is 0.380 e. The van der Waals surface area contributed by atoms with Gasteiger partial charge in [0.2, 0.25) is 0 Å². The first-order chi connectivity index (χ1) is 9.24. The van der Waals surface area contributed by atoms with Crippen LogP contribution in [0.5, 0.6) is 0 Å². The van der Waals surface area contributed by atoms with E-state index in [1.165, 1.54) is 0 Å². The molecular weight excluding hydrogens is 239 g/mol. The second-order valence-corrected chi connectivity index (χ2v) is 4.43. The first kappa shape index (κ1) is 13.5. The third-order valence-corrected chi connectivity index (χ3v) is 3.02. The predicted octanol–water partition coefficient (Wildman–Crippen LogP) is 4.37. The number of hydrogen-bond donors (Lipinski definition) is 0. The molecule has 98 valence electrons. The van der Waals surface area contributed by atoms with Gasteiger partial charge in [-0.15, -0.1) is 6.58 Å². The minimum Gasteiger partial charge on any atom is -0.380 e. The summed E-state index contributed by atoms with van der Waals surface area (Å²) in [4.78, 5) is 0. The molecule has 0 amide bonds. The molecule has 0 bridgehead atoms. The molecule has 0 aliphatic rings. The van der Waals surface area contributed by atoms with E-state index in [-0.39, 0.29) is 5.82 Å². The van der Waals surface area contributed by atoms with E-state index in [4.69, 9.17) is 4.74 Å². The normalized spacial score (nSPS) is 10.4. The summed E-state index contributed by atoms with van der Waals surface area (Å²) in [5.41, 5.74) is 3.67. The molecule has 2 aromatic carbocycles. The Morgan fingerprint density at radius 2 is 1.79 bits per heavy atom. The third kappa shape index (κ3) is 3.30. The molecule has 0 unspecified atom stereocenters. The summed E-state index contributed by atoms with van der Waals surface area (Å²) < 4.78 is 18.9. The van der Waals surface area contributed by atoms with Crippen molar-refractivity contribution in [2.24, 2.45) is 0 Å². The molecule has 0 spiro atoms. The second-order valence-electron chi connectivity index (χ2n) is 4.43. The van der Waals surface area contributed by atoms with Gasteiger partial charge in [0, 0.05) is 7.11 Å². The lowest BCUT2D eigenvalue weighted by Gasteiger charge is -2.06. The van der Waals surface area contributed by atoms with Crippen molar-refractivity contribution in [3.05, 3.63) is 72.1 Å². The van der Waals surface area contributed by atoms with E-state index < -0.39 is 0 Å². The van der Waals surface area contributed by atoms with Gasteiger partial charge in [0.25, 0.3) is 0 Å². The molecule has 0 aliphatic heterocycles. The Balaban J connectivity index is 2.26. The molecule has 0 saturated heterocycles. The minimum atomic E-state index is -0.182. The van der Waals surface area contributed by atoms with Crippen LogP contribution in [-0.2, 0) is 17.8 Å². The van der Waals surface area contributed by atoms with Crippen molar-refractivity contribution in [3.63, 3.8) is 0 Å². The van der Waals surface area contributed by atoms with Crippen molar-refractivity contribution in [2.75, 3.05) is 7.11 Å². The Bertz CT molecular complexity index is 558. The highest BCUT2D eigenvalue weighted by atomic mass is 19.1. The summed E-state index contributed by atoms with van der Waals surface area (Å²) in [7, 11) is 1.67. The van der Waals surface area contributed by atoms with Crippen LogP contribution in [0.1, 0.15) is 11.1 Å². The van der Waals surface area contributed by atoms with E-state index in [0.29, 0.717) is 18.6 Å². The van der Waals surface area contributed by atoms with Gasteiger partial charge in [0.15, 0.2) is 0 Å². The van der Waals surface area contributed by atoms with Gasteiger partial charge in [-0.2, -0.15) is 0 Å². The Morgan fingerprint density at radius 1 is 1.11 bits per heavy atom. The number of methoxy groups -OCH3 is 1. The monoisotopic (exact) mass is 256 g/mol. The maximum atomic E-state index is 13.9. The summed E-state index contributed by atoms with van der Waals surface area (Å²) in [6.07, 6.45) is 2.26. The molecular formula is C17H17FO. The molecule has 0 aliphatic carbocycles. The number of ether oxygens (including phenoxy) is 1. The quantitative estimate of drug-likeness (QED) is 0.722. The SMILES string of the molecule is C=CCc1ccc(-c2ccc(COC)cc2)cc1F. The molecule has 0 saturated carbocycles. The Hall–Kier alpha value is -1.93. The van der Waals surface area contributed by atoms with Crippen molar-refractivity contribution in [1.82, 2.24) is 0 Å². The molecule has 0 heterocycles. The first-order valence-corrected chi connectivity index (χ1v) is 6.22. The molecule has 0 radical (unpaired) electrons. The van der Waals surface area contributed by atoms with Crippen molar-refractivity contribution < 1.29 is 9.13 Å². The summed E-state index contributed by atoms with van der Waals surface area (Å²) in [5, 5.41) is 0. The van der Waals surface area contributed by atoms with E-state index in [2.05, 4.69) is 6.58 Å². The predicted molar refractivity (Wildman–Crippen MR) is 76.5 cm³/mol. The molecule has 0 N–H and O–H groups in total. The van der Waals surface area contributed by atoms with Crippen LogP contribution in [0.15, 0.2) is 55.1 Å². The van der Waals surface area contributed by atoms with Gasteiger partial charge in [0.1, 0.15) is 5.82 Å². The minimum absolute atomic E-state index is 0.182. The van der Waals surface area contributed by atoms with Crippen LogP contribution < -0.4 is 0 Å². The molecule has 19 heavy (non-hydrogen) atoms. The van der Waals surface area contributed by atoms with Gasteiger partial charge in [-0.1, -0.05) is 42.5 Å². The van der Waals surface area contributed by atoms with Gasteiger partial charge < -0.3 is 4.74 Å². The summed E-state index contributed by atoms with van der Waals surface area (Å²) in [6.45, 7) is 4.22. The fourth-order valence-electron chi connectivity index (χ4n) is 2.01. The number of hydrogen-bond acceptors (Lipinski definition) is 1. The van der Waals surface area contributed by atoms with Crippen LogP contribution in [0.3, 0.4) is 0 Å². The van der Waals surface area contributed by atoms with Crippen LogP contribution in [-0.4, -0.2) is 7.11 Å². The lowest BCUT2D eigenvalue weighted by molar-refractivity contribution is 0.185. The molecule has 2 aromatic rings. The van der Waals surface area contributed by atoms with Crippen LogP contribution in [0.25, 0.3) is 11.1 Å². The van der Waals surface area contributed by atoms with Crippen LogP contribution in [0, 0.1) is 5.82 Å². The van der Waals surface area contributed by atoms with E-state index in [9.17, 15) is 4.39 Å². The van der Waals surface area contributed by atoms with Crippen LogP contribution in [0.4, 0.5) is 4.39 Å². The van der Waals surface area contributed by atoms with Gasteiger partial charge >= 0.3 is 0 Å². The second kappa shape index (κ2) is 6.30. The molecule has 0 atom stereocenters. The average molecular weight is 256 g/mol. The molecule has 2 rings (SSSR count). The van der Waals surface area contributed by atoms with Gasteiger partial charge in [-0.05, 0) is 34.7 Å². The maximum absolute atomic E-state index is 13.9. The van der Waals surface area contributed by atoms with Crippen molar-refractivity contribution >= 4 is 0 Å². The van der Waals surface area contributed by atoms with E-state index in [1.54, 1.807) is 19.3 Å². The van der Waals surface area contributed by atoms with Gasteiger partial charge in [-0.25, -0.2) is 4.39 Å². The average Bonchev–Trinajstić information content (AvgIpc) is 2.43. The van der Waals surface area contributed by atoms with E-state index in [0.717, 1.165) is 16.7 Å². The fraction of sp³-hybridized carbons (Fsp3) is 0.176. The first-order valence-electron chi connectivity index (χ1n) is 6.22. The zero-order valence-corrected chi connectivity index (χ0v) is 11.0. The van der Waals surface area contributed by atoms with Gasteiger partial charge in [-0.3, -0.25) is 0 Å². The molecule has 0 aromatic heterocycles. The Labute approximate surface area is 113 Å². The summed E-state index contributed by atoms with van der Waals surface area (Å²) in [6, 6.07) is 13.3. The summed E-state index contributed by atoms with van der Waals surface area (Å²) >= 11 is 0. The number of halogens is 1. The Morgan fingerprint density at radius 3 is 2.37 bits per heavy atom. The van der Waals surface area contributed by atoms with Crippen LogP contribution >= 0.6 is 0 Å². The number of allylic oxidation sites excluding steroid dienone is 1. The Kier molecular flexibility index (Phi) is 4.48. The highest BCUT2D eigenvalue weighted by Crippen LogP contribution is 2.23. The van der Waals surface area contributed by atoms with Crippen LogP contribution in [0.2, 0.25) is 0 Å². The molecule has 2 heteroatoms. The smallest absolute Gasteiger partial charge is 0.127 e. The van der Waals surface area contributed by atoms with Crippen molar-refractivity contribution in [2.45, 2.75) is 13.0 Å². The van der Waals surface area contributed by atoms with Crippen molar-refractivity contribution in [1.29, 1.82) is 0 Å². The van der Waals surface area contributed by atoms with Gasteiger partial charge in [0.05, 0.1) is 6.61 Å². The topological polar surface area (TPSA) is 9.23 Å². The van der Waals surface area contributed by atoms with E-state index >= 15 is 0 Å². The summed E-state index contributed by atoms with van der Waals surface area (Å²) in [5.74, 6) is -0.182. The highest BCUT2D eigenvalue weighted by Gasteiger charge is 2.04. The maximum Gasteiger partial charge on any atom is 0.127 e. The number of benzene rings is 2. The molecule has 0 fully saturated rings. The zero-order valence-electron chi connectivity index (χ0n) is 11.0.